The molecule has 0 saturated carbocycles. The molecule has 2 heterocycles. The molecular formula is C17H12N4O3S. The number of hydrogen-bond donors (Lipinski definition) is 3. The van der Waals surface area contributed by atoms with Crippen molar-refractivity contribution < 1.29 is 9.90 Å². The van der Waals surface area contributed by atoms with Gasteiger partial charge in [0.15, 0.2) is 0 Å². The molecule has 0 unspecified atom stereocenters. The number of nitrogens with zero attached hydrogens (tertiary/aromatic N) is 2. The smallest absolute Gasteiger partial charge is 0.335 e. The molecular weight excluding hydrogens is 340 g/mol. The fourth-order valence-electron chi connectivity index (χ4n) is 2.24. The maximum Gasteiger partial charge on any atom is 0.335 e. The average molecular weight is 352 g/mol. The van der Waals surface area contributed by atoms with Gasteiger partial charge in [0.05, 0.1) is 17.8 Å². The predicted octanol–water partition coefficient (Wildman–Crippen LogP) is 3.36. The minimum Gasteiger partial charge on any atom is -0.478 e. The summed E-state index contributed by atoms with van der Waals surface area (Å²) in [7, 11) is 0. The van der Waals surface area contributed by atoms with E-state index >= 15 is 0 Å². The van der Waals surface area contributed by atoms with Gasteiger partial charge in [-0.3, -0.25) is 4.79 Å². The molecule has 2 aromatic heterocycles. The minimum absolute atomic E-state index is 0.0547. The molecule has 0 aliphatic rings. The van der Waals surface area contributed by atoms with Crippen LogP contribution in [0, 0.1) is 6.57 Å². The van der Waals surface area contributed by atoms with Crippen LogP contribution in [0.3, 0.4) is 0 Å². The van der Waals surface area contributed by atoms with Crippen molar-refractivity contribution in [1.29, 1.82) is 0 Å². The summed E-state index contributed by atoms with van der Waals surface area (Å²) in [5, 5.41) is 13.8. The summed E-state index contributed by atoms with van der Waals surface area (Å²) < 4.78 is 0. The Balaban J connectivity index is 1.89. The van der Waals surface area contributed by atoms with Crippen LogP contribution >= 0.6 is 11.3 Å². The van der Waals surface area contributed by atoms with E-state index in [1.807, 2.05) is 11.4 Å². The van der Waals surface area contributed by atoms with Crippen molar-refractivity contribution in [3.63, 3.8) is 0 Å². The van der Waals surface area contributed by atoms with Gasteiger partial charge >= 0.3 is 5.97 Å². The number of carbonyl (C=O) groups is 1. The number of rotatable bonds is 5. The summed E-state index contributed by atoms with van der Waals surface area (Å²) in [5.74, 6) is -0.781. The largest absolute Gasteiger partial charge is 0.478 e. The summed E-state index contributed by atoms with van der Waals surface area (Å²) in [4.78, 5) is 34.0. The molecule has 3 aromatic rings. The monoisotopic (exact) mass is 352 g/mol. The molecule has 0 spiro atoms. The Morgan fingerprint density at radius 2 is 2.20 bits per heavy atom. The SMILES string of the molecule is [C-]#[N+]c1c(-c2cccs2)nc(NCc2cccc(C(=O)O)c2)[nH]c1=O. The van der Waals surface area contributed by atoms with Gasteiger partial charge in [0.25, 0.3) is 11.2 Å². The van der Waals surface area contributed by atoms with E-state index < -0.39 is 11.5 Å². The number of benzene rings is 1. The number of H-pyrrole nitrogens is 1. The van der Waals surface area contributed by atoms with Crippen molar-refractivity contribution in [2.24, 2.45) is 0 Å². The van der Waals surface area contributed by atoms with E-state index in [4.69, 9.17) is 11.7 Å². The third-order valence-corrected chi connectivity index (χ3v) is 4.27. The zero-order valence-electron chi connectivity index (χ0n) is 12.8. The first-order valence-electron chi connectivity index (χ1n) is 7.20. The van der Waals surface area contributed by atoms with Gasteiger partial charge in [0.1, 0.15) is 0 Å². The molecule has 1 aromatic carbocycles. The summed E-state index contributed by atoms with van der Waals surface area (Å²) in [6.07, 6.45) is 0. The van der Waals surface area contributed by atoms with Crippen molar-refractivity contribution in [1.82, 2.24) is 9.97 Å². The highest BCUT2D eigenvalue weighted by molar-refractivity contribution is 7.13. The van der Waals surface area contributed by atoms with Crippen LogP contribution in [-0.4, -0.2) is 21.0 Å². The van der Waals surface area contributed by atoms with Gasteiger partial charge in [-0.1, -0.05) is 18.2 Å². The van der Waals surface area contributed by atoms with Gasteiger partial charge in [-0.2, -0.15) is 0 Å². The normalized spacial score (nSPS) is 10.2. The highest BCUT2D eigenvalue weighted by Crippen LogP contribution is 2.29. The van der Waals surface area contributed by atoms with Crippen LogP contribution < -0.4 is 10.9 Å². The molecule has 8 heteroatoms. The lowest BCUT2D eigenvalue weighted by atomic mass is 10.1. The number of carboxylic acids is 1. The van der Waals surface area contributed by atoms with E-state index in [0.717, 1.165) is 10.4 Å². The minimum atomic E-state index is -1.00. The summed E-state index contributed by atoms with van der Waals surface area (Å²) >= 11 is 1.39. The molecule has 0 aliphatic heterocycles. The molecule has 0 atom stereocenters. The van der Waals surface area contributed by atoms with Crippen LogP contribution in [0.2, 0.25) is 0 Å². The summed E-state index contributed by atoms with van der Waals surface area (Å²) in [6.45, 7) is 7.48. The van der Waals surface area contributed by atoms with E-state index in [1.165, 1.54) is 17.4 Å². The average Bonchev–Trinajstić information content (AvgIpc) is 3.14. The molecule has 0 amide bonds. The molecule has 25 heavy (non-hydrogen) atoms. The van der Waals surface area contributed by atoms with E-state index in [2.05, 4.69) is 20.1 Å². The number of hydrogen-bond acceptors (Lipinski definition) is 5. The molecule has 0 fully saturated rings. The van der Waals surface area contributed by atoms with E-state index in [-0.39, 0.29) is 23.7 Å². The molecule has 3 N–H and O–H groups in total. The lowest BCUT2D eigenvalue weighted by molar-refractivity contribution is 0.0697. The van der Waals surface area contributed by atoms with Crippen molar-refractivity contribution in [2.75, 3.05) is 5.32 Å². The Kier molecular flexibility index (Phi) is 4.59. The van der Waals surface area contributed by atoms with Crippen LogP contribution in [-0.2, 0) is 6.54 Å². The number of aromatic amines is 1. The highest BCUT2D eigenvalue weighted by Gasteiger charge is 2.14. The van der Waals surface area contributed by atoms with Crippen LogP contribution in [0.4, 0.5) is 11.6 Å². The fraction of sp³-hybridized carbons (Fsp3) is 0.0588. The first kappa shape index (κ1) is 16.4. The number of thiophene rings is 1. The van der Waals surface area contributed by atoms with Gasteiger partial charge in [0, 0.05) is 11.4 Å². The third kappa shape index (κ3) is 3.57. The zero-order valence-corrected chi connectivity index (χ0v) is 13.6. The zero-order chi connectivity index (χ0) is 17.8. The number of anilines is 1. The topological polar surface area (TPSA) is 99.4 Å². The lowest BCUT2D eigenvalue weighted by Gasteiger charge is -2.08. The van der Waals surface area contributed by atoms with Crippen LogP contribution in [0.15, 0.2) is 46.6 Å². The summed E-state index contributed by atoms with van der Waals surface area (Å²) in [6, 6.07) is 10.1. The standard InChI is InChI=1S/C17H12N4O3S/c1-18-14-13(12-6-3-7-25-12)20-17(21-15(14)22)19-9-10-4-2-5-11(8-10)16(23)24/h2-8H,9H2,(H,23,24)(H2,19,20,21,22). The van der Waals surface area contributed by atoms with Crippen LogP contribution in [0.1, 0.15) is 15.9 Å². The van der Waals surface area contributed by atoms with E-state index in [9.17, 15) is 9.59 Å². The number of aromatic nitrogens is 2. The van der Waals surface area contributed by atoms with Crippen molar-refractivity contribution in [3.05, 3.63) is 74.7 Å². The second-order valence-corrected chi connectivity index (χ2v) is 6.01. The predicted molar refractivity (Wildman–Crippen MR) is 95.2 cm³/mol. The Morgan fingerprint density at radius 3 is 2.88 bits per heavy atom. The van der Waals surface area contributed by atoms with Gasteiger partial charge in [0.2, 0.25) is 5.95 Å². The van der Waals surface area contributed by atoms with Crippen LogP contribution in [0.5, 0.6) is 0 Å². The quantitative estimate of drug-likeness (QED) is 0.612. The maximum absolute atomic E-state index is 12.1. The van der Waals surface area contributed by atoms with Crippen LogP contribution in [0.25, 0.3) is 15.4 Å². The van der Waals surface area contributed by atoms with Gasteiger partial charge in [-0.05, 0) is 29.1 Å². The first-order valence-corrected chi connectivity index (χ1v) is 8.08. The summed E-state index contributed by atoms with van der Waals surface area (Å²) in [5.41, 5.74) is 0.671. The molecule has 7 nitrogen and oxygen atoms in total. The van der Waals surface area contributed by atoms with Gasteiger partial charge in [-0.15, -0.1) is 11.3 Å². The van der Waals surface area contributed by atoms with Gasteiger partial charge < -0.3 is 15.4 Å². The third-order valence-electron chi connectivity index (χ3n) is 3.40. The molecule has 0 aliphatic carbocycles. The van der Waals surface area contributed by atoms with E-state index in [1.54, 1.807) is 24.3 Å². The Morgan fingerprint density at radius 1 is 1.36 bits per heavy atom. The maximum atomic E-state index is 12.1. The lowest BCUT2D eigenvalue weighted by Crippen LogP contribution is -2.13. The Bertz CT molecular complexity index is 1020. The van der Waals surface area contributed by atoms with Crippen molar-refractivity contribution in [3.8, 4) is 10.6 Å². The molecule has 124 valence electrons. The number of aromatic carboxylic acids is 1. The van der Waals surface area contributed by atoms with Crippen molar-refractivity contribution >= 4 is 28.9 Å². The molecule has 3 rings (SSSR count). The van der Waals surface area contributed by atoms with E-state index in [0.29, 0.717) is 5.69 Å². The fourth-order valence-corrected chi connectivity index (χ4v) is 2.95. The molecule has 0 saturated heterocycles. The second-order valence-electron chi connectivity index (χ2n) is 5.06. The molecule has 0 radical (unpaired) electrons. The first-order chi connectivity index (χ1) is 12.1. The Hall–Kier alpha value is -3.44. The second kappa shape index (κ2) is 6.98. The van der Waals surface area contributed by atoms with Crippen molar-refractivity contribution in [2.45, 2.75) is 6.54 Å². The highest BCUT2D eigenvalue weighted by atomic mass is 32.1. The number of carboxylic acid groups (broad SMARTS) is 1. The Labute approximate surface area is 146 Å². The van der Waals surface area contributed by atoms with Gasteiger partial charge in [-0.25, -0.2) is 14.6 Å². The number of nitrogens with one attached hydrogen (secondary N) is 2. The molecule has 0 bridgehead atoms.